The smallest absolute Gasteiger partial charge is 0.315 e. The Balaban J connectivity index is 1.39. The summed E-state index contributed by atoms with van der Waals surface area (Å²) in [4.78, 5) is 15.3. The number of carbonyl (C=O) groups is 1. The molecule has 2 heterocycles. The van der Waals surface area contributed by atoms with Crippen molar-refractivity contribution in [2.75, 3.05) is 19.8 Å². The van der Waals surface area contributed by atoms with Gasteiger partial charge in [-0.15, -0.1) is 0 Å². The van der Waals surface area contributed by atoms with Crippen LogP contribution in [0, 0.1) is 0 Å². The maximum absolute atomic E-state index is 15.1. The minimum atomic E-state index is -3.31. The van der Waals surface area contributed by atoms with E-state index in [4.69, 9.17) is 0 Å². The number of nitrogens with one attached hydrogen (secondary N) is 1. The van der Waals surface area contributed by atoms with Gasteiger partial charge < -0.3 is 10.4 Å². The Labute approximate surface area is 190 Å². The molecule has 0 bridgehead atoms. The highest BCUT2D eigenvalue weighted by molar-refractivity contribution is 7.83. The second-order valence-electron chi connectivity index (χ2n) is 8.31. The van der Waals surface area contributed by atoms with Gasteiger partial charge in [-0.05, 0) is 30.0 Å². The van der Waals surface area contributed by atoms with Crippen LogP contribution in [-0.2, 0) is 21.4 Å². The average molecular weight is 486 g/mol. The minimum Gasteiger partial charge on any atom is -0.386 e. The molecule has 2 aliphatic rings. The van der Waals surface area contributed by atoms with Gasteiger partial charge in [0.25, 0.3) is 5.91 Å². The molecule has 2 fully saturated rings. The topological polar surface area (TPSA) is 82.5 Å². The van der Waals surface area contributed by atoms with Crippen LogP contribution >= 0.6 is 0 Å². The molecule has 0 spiro atoms. The maximum Gasteiger partial charge on any atom is 0.315 e. The molecule has 1 aromatic carbocycles. The van der Waals surface area contributed by atoms with E-state index < -0.39 is 47.8 Å². The Hall–Kier alpha value is -2.37. The maximum atomic E-state index is 15.1. The molecule has 2 N–H and O–H groups in total. The van der Waals surface area contributed by atoms with E-state index in [0.29, 0.717) is 11.1 Å². The fourth-order valence-electron chi connectivity index (χ4n) is 3.66. The molecule has 3 unspecified atom stereocenters. The Bertz CT molecular complexity index is 1010. The molecule has 3 atom stereocenters. The van der Waals surface area contributed by atoms with Crippen LogP contribution in [0.4, 0.5) is 17.6 Å². The quantitative estimate of drug-likeness (QED) is 0.536. The molecule has 6 nitrogen and oxygen atoms in total. The number of benzene rings is 1. The first-order valence-electron chi connectivity index (χ1n) is 10.5. The standard InChI is InChI=1S/C22H23F4N3O3S/c23-9-17(28-21(31)20(24)25)19(30)14-3-1-13(2-4-14)15-5-8-18(27-10-15)22(26)11-29(12-22)33(32)16-6-7-16/h1-5,8,10,16-17,19-20,30H,6-7,9,11-12H2,(H,28,31). The number of nitrogens with zero attached hydrogens (tertiary/aromatic N) is 2. The number of halogens is 4. The minimum absolute atomic E-state index is 0.0485. The van der Waals surface area contributed by atoms with Crippen LogP contribution < -0.4 is 5.32 Å². The number of pyridine rings is 1. The third kappa shape index (κ3) is 5.10. The SMILES string of the molecule is O=C(NC(CF)C(O)c1ccc(-c2ccc(C3(F)CN(S(=O)C4CC4)C3)nc2)cc1)C(F)F. The molecule has 1 amide bonds. The fourth-order valence-corrected chi connectivity index (χ4v) is 5.29. The first-order valence-corrected chi connectivity index (χ1v) is 11.6. The summed E-state index contributed by atoms with van der Waals surface area (Å²) in [6.07, 6.45) is -1.47. The molecule has 2 aromatic rings. The van der Waals surface area contributed by atoms with Crippen LogP contribution in [0.3, 0.4) is 0 Å². The van der Waals surface area contributed by atoms with Crippen molar-refractivity contribution in [3.8, 4) is 11.1 Å². The van der Waals surface area contributed by atoms with E-state index in [1.165, 1.54) is 18.3 Å². The number of aliphatic hydroxyl groups excluding tert-OH is 1. The van der Waals surface area contributed by atoms with Gasteiger partial charge in [-0.25, -0.2) is 17.3 Å². The lowest BCUT2D eigenvalue weighted by Gasteiger charge is -2.42. The Kier molecular flexibility index (Phi) is 6.83. The lowest BCUT2D eigenvalue weighted by Crippen LogP contribution is -2.57. The van der Waals surface area contributed by atoms with Gasteiger partial charge in [-0.2, -0.15) is 8.78 Å². The zero-order valence-electron chi connectivity index (χ0n) is 17.5. The van der Waals surface area contributed by atoms with E-state index in [9.17, 15) is 27.3 Å². The summed E-state index contributed by atoms with van der Waals surface area (Å²) in [5.74, 6) is -1.65. The molecule has 0 radical (unpaired) electrons. The Morgan fingerprint density at radius 2 is 1.82 bits per heavy atom. The second-order valence-corrected chi connectivity index (χ2v) is 10.0. The molecule has 33 heavy (non-hydrogen) atoms. The summed E-state index contributed by atoms with van der Waals surface area (Å²) in [6, 6.07) is 7.98. The molecule has 11 heteroatoms. The Morgan fingerprint density at radius 1 is 1.18 bits per heavy atom. The number of aliphatic hydroxyl groups is 1. The van der Waals surface area contributed by atoms with Gasteiger partial charge in [0.05, 0.1) is 35.8 Å². The molecular formula is C22H23F4N3O3S. The van der Waals surface area contributed by atoms with Crippen LogP contribution in [0.25, 0.3) is 11.1 Å². The number of alkyl halides is 4. The van der Waals surface area contributed by atoms with Crippen molar-refractivity contribution in [1.82, 2.24) is 14.6 Å². The molecule has 1 saturated carbocycles. The van der Waals surface area contributed by atoms with Gasteiger partial charge in [0.1, 0.15) is 12.8 Å². The molecule has 1 saturated heterocycles. The third-order valence-electron chi connectivity index (χ3n) is 5.80. The van der Waals surface area contributed by atoms with Gasteiger partial charge in [-0.1, -0.05) is 30.3 Å². The lowest BCUT2D eigenvalue weighted by atomic mass is 9.93. The summed E-state index contributed by atoms with van der Waals surface area (Å²) >= 11 is 0. The van der Waals surface area contributed by atoms with E-state index in [1.54, 1.807) is 33.9 Å². The van der Waals surface area contributed by atoms with E-state index >= 15 is 4.39 Å². The highest BCUT2D eigenvalue weighted by Crippen LogP contribution is 2.40. The number of rotatable bonds is 9. The first-order chi connectivity index (χ1) is 15.7. The van der Waals surface area contributed by atoms with Crippen molar-refractivity contribution < 1.29 is 31.7 Å². The van der Waals surface area contributed by atoms with E-state index in [0.717, 1.165) is 12.8 Å². The summed E-state index contributed by atoms with van der Waals surface area (Å²) in [5.41, 5.74) is 0.233. The highest BCUT2D eigenvalue weighted by atomic mass is 32.2. The second kappa shape index (κ2) is 9.47. The van der Waals surface area contributed by atoms with Crippen molar-refractivity contribution >= 4 is 16.9 Å². The zero-order chi connectivity index (χ0) is 23.8. The van der Waals surface area contributed by atoms with Crippen molar-refractivity contribution in [3.63, 3.8) is 0 Å². The van der Waals surface area contributed by atoms with E-state index in [-0.39, 0.29) is 29.6 Å². The molecular weight excluding hydrogens is 462 g/mol. The number of hydrogen-bond acceptors (Lipinski definition) is 4. The van der Waals surface area contributed by atoms with Crippen LogP contribution in [0.1, 0.15) is 30.2 Å². The van der Waals surface area contributed by atoms with Crippen LogP contribution in [0.2, 0.25) is 0 Å². The van der Waals surface area contributed by atoms with Gasteiger partial charge in [0.15, 0.2) is 5.67 Å². The number of hydrogen-bond donors (Lipinski definition) is 2. The normalized spacial score (nSPS) is 20.7. The molecule has 4 rings (SSSR count). The predicted molar refractivity (Wildman–Crippen MR) is 114 cm³/mol. The number of carbonyl (C=O) groups excluding carboxylic acids is 1. The van der Waals surface area contributed by atoms with Crippen LogP contribution in [0.5, 0.6) is 0 Å². The van der Waals surface area contributed by atoms with Crippen molar-refractivity contribution in [3.05, 3.63) is 53.9 Å². The number of aromatic nitrogens is 1. The van der Waals surface area contributed by atoms with Crippen molar-refractivity contribution in [2.24, 2.45) is 0 Å². The average Bonchev–Trinajstić information content (AvgIpc) is 3.65. The van der Waals surface area contributed by atoms with Crippen LogP contribution in [-0.4, -0.2) is 62.0 Å². The molecule has 1 aliphatic heterocycles. The van der Waals surface area contributed by atoms with E-state index in [2.05, 4.69) is 4.98 Å². The monoisotopic (exact) mass is 485 g/mol. The highest BCUT2D eigenvalue weighted by Gasteiger charge is 2.50. The predicted octanol–water partition coefficient (Wildman–Crippen LogP) is 2.81. The van der Waals surface area contributed by atoms with Gasteiger partial charge in [-0.3, -0.25) is 9.78 Å². The molecule has 1 aromatic heterocycles. The zero-order valence-corrected chi connectivity index (χ0v) is 18.3. The van der Waals surface area contributed by atoms with Crippen molar-refractivity contribution in [2.45, 2.75) is 42.3 Å². The van der Waals surface area contributed by atoms with Gasteiger partial charge in [0, 0.05) is 17.0 Å². The van der Waals surface area contributed by atoms with Crippen molar-refractivity contribution in [1.29, 1.82) is 0 Å². The summed E-state index contributed by atoms with van der Waals surface area (Å²) in [7, 11) is -1.13. The summed E-state index contributed by atoms with van der Waals surface area (Å²) in [6.45, 7) is -1.12. The van der Waals surface area contributed by atoms with Gasteiger partial charge >= 0.3 is 6.43 Å². The first kappa shape index (κ1) is 23.8. The van der Waals surface area contributed by atoms with Gasteiger partial charge in [0.2, 0.25) is 0 Å². The molecule has 1 aliphatic carbocycles. The fraction of sp³-hybridized carbons (Fsp3) is 0.455. The molecule has 178 valence electrons. The third-order valence-corrected chi connectivity index (χ3v) is 7.61. The number of amides is 1. The largest absolute Gasteiger partial charge is 0.386 e. The lowest BCUT2D eigenvalue weighted by molar-refractivity contribution is -0.133. The van der Waals surface area contributed by atoms with Crippen LogP contribution in [0.15, 0.2) is 42.6 Å². The van der Waals surface area contributed by atoms with E-state index in [1.807, 2.05) is 0 Å². The summed E-state index contributed by atoms with van der Waals surface area (Å²) < 4.78 is 66.8. The Morgan fingerprint density at radius 3 is 2.33 bits per heavy atom. The summed E-state index contributed by atoms with van der Waals surface area (Å²) in [5, 5.41) is 12.2.